The first-order chi connectivity index (χ1) is 31.1. The highest BCUT2D eigenvalue weighted by molar-refractivity contribution is 6.31. The molecule has 0 bridgehead atoms. The molecule has 1 saturated heterocycles. The van der Waals surface area contributed by atoms with Gasteiger partial charge in [-0.25, -0.2) is 4.79 Å². The molecule has 8 heteroatoms. The van der Waals surface area contributed by atoms with Crippen LogP contribution in [0.15, 0.2) is 127 Å². The second-order valence-corrected chi connectivity index (χ2v) is 19.4. The Bertz CT molecular complexity index is 2320. The fourth-order valence-electron chi connectivity index (χ4n) is 10.4. The third-order valence-electron chi connectivity index (χ3n) is 13.9. The minimum atomic E-state index is -1.48. The van der Waals surface area contributed by atoms with Crippen molar-refractivity contribution >= 4 is 29.6 Å². The molecule has 0 radical (unpaired) electrons. The maximum Gasteiger partial charge on any atom is 0.407 e. The number of hydrogen-bond acceptors (Lipinski definition) is 5. The van der Waals surface area contributed by atoms with E-state index in [2.05, 4.69) is 67.7 Å². The summed E-state index contributed by atoms with van der Waals surface area (Å²) in [5, 5.41) is 3.27. The quantitative estimate of drug-likeness (QED) is 0.106. The molecule has 2 fully saturated rings. The number of carbonyl (C=O) groups is 3. The maximum absolute atomic E-state index is 14.8. The van der Waals surface area contributed by atoms with Crippen molar-refractivity contribution in [1.29, 1.82) is 0 Å². The van der Waals surface area contributed by atoms with Gasteiger partial charge >= 0.3 is 12.1 Å². The summed E-state index contributed by atoms with van der Waals surface area (Å²) in [6.07, 6.45) is 13.5. The van der Waals surface area contributed by atoms with Gasteiger partial charge < -0.3 is 19.7 Å². The van der Waals surface area contributed by atoms with E-state index in [1.165, 1.54) is 63.4 Å². The number of likely N-dealkylation sites (tertiary alicyclic amines) is 1. The molecule has 1 heterocycles. The zero-order chi connectivity index (χ0) is 44.5. The molecule has 0 aromatic heterocycles. The number of fused-ring (bicyclic) bond motifs is 3. The first kappa shape index (κ1) is 45.2. The minimum Gasteiger partial charge on any atom is -0.449 e. The number of esters is 1. The molecule has 3 aliphatic rings. The molecule has 1 aliphatic heterocycles. The molecular formula is C56H63ClN2O5. The summed E-state index contributed by atoms with van der Waals surface area (Å²) in [6.45, 7) is 5.33. The molecule has 7 nitrogen and oxygen atoms in total. The van der Waals surface area contributed by atoms with E-state index in [0.29, 0.717) is 35.2 Å². The van der Waals surface area contributed by atoms with Gasteiger partial charge in [0.2, 0.25) is 5.91 Å². The molecule has 64 heavy (non-hydrogen) atoms. The molecular weight excluding hydrogens is 816 g/mol. The smallest absolute Gasteiger partial charge is 0.407 e. The van der Waals surface area contributed by atoms with E-state index in [0.717, 1.165) is 47.1 Å². The summed E-state index contributed by atoms with van der Waals surface area (Å²) in [5.74, 6) is -0.724. The molecule has 8 rings (SSSR count). The third kappa shape index (κ3) is 10.3. The van der Waals surface area contributed by atoms with Crippen LogP contribution in [0.1, 0.15) is 143 Å². The van der Waals surface area contributed by atoms with E-state index in [4.69, 9.17) is 21.1 Å². The van der Waals surface area contributed by atoms with E-state index in [1.54, 1.807) is 4.90 Å². The maximum atomic E-state index is 14.8. The SMILES string of the molecule is CC1(C)CCN(C(=O)[C@H](CC(=O)OC(c2ccccc2)(c2ccc(C3CCCCCCCCCCC3)cc2)c2ccccc2Cl)NC(=O)OCC2c3ccccc3-c3ccccc32)C1. The van der Waals surface area contributed by atoms with Crippen LogP contribution in [0, 0.1) is 5.41 Å². The lowest BCUT2D eigenvalue weighted by molar-refractivity contribution is -0.156. The summed E-state index contributed by atoms with van der Waals surface area (Å²) < 4.78 is 12.8. The summed E-state index contributed by atoms with van der Waals surface area (Å²) in [5.41, 5.74) is 6.16. The molecule has 2 aliphatic carbocycles. The molecule has 2 amide bonds. The largest absolute Gasteiger partial charge is 0.449 e. The Labute approximate surface area is 384 Å². The Morgan fingerprint density at radius 2 is 1.25 bits per heavy atom. The van der Waals surface area contributed by atoms with Crippen LogP contribution in [0.2, 0.25) is 5.02 Å². The normalized spacial score (nSPS) is 18.3. The Morgan fingerprint density at radius 3 is 1.84 bits per heavy atom. The number of nitrogens with zero attached hydrogens (tertiary/aromatic N) is 1. The monoisotopic (exact) mass is 878 g/mol. The van der Waals surface area contributed by atoms with E-state index in [-0.39, 0.29) is 23.8 Å². The lowest BCUT2D eigenvalue weighted by Crippen LogP contribution is -2.50. The summed E-state index contributed by atoms with van der Waals surface area (Å²) in [7, 11) is 0. The van der Waals surface area contributed by atoms with Gasteiger partial charge in [-0.15, -0.1) is 0 Å². The number of ether oxygens (including phenoxy) is 2. The zero-order valence-electron chi connectivity index (χ0n) is 37.5. The van der Waals surface area contributed by atoms with Gasteiger partial charge in [0.15, 0.2) is 5.60 Å². The van der Waals surface area contributed by atoms with Crippen molar-refractivity contribution in [2.75, 3.05) is 19.7 Å². The highest BCUT2D eigenvalue weighted by Gasteiger charge is 2.44. The van der Waals surface area contributed by atoms with Gasteiger partial charge in [0.05, 0.1) is 6.42 Å². The van der Waals surface area contributed by atoms with Gasteiger partial charge in [0.1, 0.15) is 12.6 Å². The lowest BCUT2D eigenvalue weighted by atomic mass is 9.78. The fourth-order valence-corrected chi connectivity index (χ4v) is 10.7. The number of hydrogen-bond donors (Lipinski definition) is 1. The fraction of sp³-hybridized carbons (Fsp3) is 0.411. The van der Waals surface area contributed by atoms with Crippen molar-refractivity contribution in [2.24, 2.45) is 5.41 Å². The van der Waals surface area contributed by atoms with Gasteiger partial charge in [-0.1, -0.05) is 205 Å². The van der Waals surface area contributed by atoms with Crippen molar-refractivity contribution in [1.82, 2.24) is 10.2 Å². The summed E-state index contributed by atoms with van der Waals surface area (Å²) in [6, 6.07) is 40.8. The molecule has 1 N–H and O–H groups in total. The predicted octanol–water partition coefficient (Wildman–Crippen LogP) is 13.1. The van der Waals surface area contributed by atoms with Crippen molar-refractivity contribution in [3.63, 3.8) is 0 Å². The van der Waals surface area contributed by atoms with Crippen molar-refractivity contribution in [2.45, 2.75) is 121 Å². The van der Waals surface area contributed by atoms with Crippen LogP contribution in [-0.4, -0.2) is 48.6 Å². The Kier molecular flexibility index (Phi) is 14.6. The molecule has 5 aromatic rings. The molecule has 2 atom stereocenters. The van der Waals surface area contributed by atoms with Crippen LogP contribution >= 0.6 is 11.6 Å². The van der Waals surface area contributed by atoms with Crippen LogP contribution in [-0.2, 0) is 24.7 Å². The van der Waals surface area contributed by atoms with Crippen LogP contribution in [0.25, 0.3) is 11.1 Å². The van der Waals surface area contributed by atoms with Gasteiger partial charge in [0.25, 0.3) is 0 Å². The third-order valence-corrected chi connectivity index (χ3v) is 14.2. The van der Waals surface area contributed by atoms with E-state index in [1.807, 2.05) is 78.9 Å². The Morgan fingerprint density at radius 1 is 0.703 bits per heavy atom. The minimum absolute atomic E-state index is 0.0719. The number of nitrogens with one attached hydrogen (secondary N) is 1. The first-order valence-electron chi connectivity index (χ1n) is 23.7. The standard InChI is InChI=1S/C56H63ClN2O5/c1-55(2)35-36-59(39-55)53(61)51(58-54(62)63-38-48-46-27-17-15-25-44(46)45-26-16-18-28-47(45)48)37-52(60)64-56(42-23-13-10-14-24-42,49-29-19-20-30-50(49)57)43-33-31-41(32-34-43)40-21-11-8-6-4-3-5-7-9-12-22-40/h10,13-20,23-34,40,48,51H,3-9,11-12,21-22,35-39H2,1-2H3,(H,58,62)/t51-,56?/m0/s1. The van der Waals surface area contributed by atoms with Crippen LogP contribution in [0.5, 0.6) is 0 Å². The molecule has 334 valence electrons. The molecule has 1 saturated carbocycles. The molecule has 1 unspecified atom stereocenters. The summed E-state index contributed by atoms with van der Waals surface area (Å²) >= 11 is 7.10. The number of rotatable bonds is 11. The number of carbonyl (C=O) groups excluding carboxylic acids is 3. The Hall–Kier alpha value is -5.40. The second kappa shape index (κ2) is 20.6. The van der Waals surface area contributed by atoms with Gasteiger partial charge in [0, 0.05) is 40.7 Å². The number of halogens is 1. The Balaban J connectivity index is 1.08. The number of alkyl carbamates (subject to hydrolysis) is 1. The van der Waals surface area contributed by atoms with Crippen molar-refractivity contribution < 1.29 is 23.9 Å². The highest BCUT2D eigenvalue weighted by Crippen LogP contribution is 2.46. The topological polar surface area (TPSA) is 84.9 Å². The average molecular weight is 880 g/mol. The second-order valence-electron chi connectivity index (χ2n) is 19.0. The van der Waals surface area contributed by atoms with Gasteiger partial charge in [-0.3, -0.25) is 9.59 Å². The van der Waals surface area contributed by atoms with E-state index < -0.39 is 30.1 Å². The highest BCUT2D eigenvalue weighted by atomic mass is 35.5. The van der Waals surface area contributed by atoms with Crippen molar-refractivity contribution in [3.05, 3.63) is 166 Å². The predicted molar refractivity (Wildman–Crippen MR) is 255 cm³/mol. The van der Waals surface area contributed by atoms with E-state index in [9.17, 15) is 14.4 Å². The number of benzene rings is 5. The van der Waals surface area contributed by atoms with Crippen LogP contribution in [0.4, 0.5) is 4.79 Å². The van der Waals surface area contributed by atoms with Crippen LogP contribution < -0.4 is 5.32 Å². The molecule has 5 aromatic carbocycles. The zero-order valence-corrected chi connectivity index (χ0v) is 38.3. The molecule has 0 spiro atoms. The van der Waals surface area contributed by atoms with Gasteiger partial charge in [-0.2, -0.15) is 0 Å². The van der Waals surface area contributed by atoms with Gasteiger partial charge in [-0.05, 0) is 64.5 Å². The van der Waals surface area contributed by atoms with Crippen LogP contribution in [0.3, 0.4) is 0 Å². The average Bonchev–Trinajstić information content (AvgIpc) is 3.84. The number of amides is 2. The van der Waals surface area contributed by atoms with E-state index >= 15 is 0 Å². The van der Waals surface area contributed by atoms with Crippen molar-refractivity contribution in [3.8, 4) is 11.1 Å². The lowest BCUT2D eigenvalue weighted by Gasteiger charge is -2.36. The first-order valence-corrected chi connectivity index (χ1v) is 24.0. The summed E-state index contributed by atoms with van der Waals surface area (Å²) in [4.78, 5) is 44.9.